The highest BCUT2D eigenvalue weighted by Crippen LogP contribution is 2.48. The molecule has 0 fully saturated rings. The van der Waals surface area contributed by atoms with E-state index >= 15 is 0 Å². The second-order valence-electron chi connectivity index (χ2n) is 19.9. The SMILES string of the molecule is C1=CCCC(N(c2cccc3oc4cc(N(c5ccc(-c6ccccc6)cc5)c5ccc(-c6ccccc6)cc5)ccc4c23)c2cccc3c4ccccc4c(-c4ccccc4)cc4ccccc4c4ccccc4c23)=C1. The van der Waals surface area contributed by atoms with Crippen molar-refractivity contribution in [1.29, 1.82) is 0 Å². The third kappa shape index (κ3) is 8.36. The average molecular weight is 985 g/mol. The summed E-state index contributed by atoms with van der Waals surface area (Å²) in [6.07, 6.45) is 8.61. The first-order valence-electron chi connectivity index (χ1n) is 26.6. The van der Waals surface area contributed by atoms with Crippen LogP contribution < -0.4 is 9.80 Å². The Labute approximate surface area is 448 Å². The molecule has 1 aliphatic carbocycles. The van der Waals surface area contributed by atoms with Crippen molar-refractivity contribution >= 4 is 93.5 Å². The Morgan fingerprint density at radius 1 is 0.312 bits per heavy atom. The maximum Gasteiger partial charge on any atom is 0.137 e. The fourth-order valence-corrected chi connectivity index (χ4v) is 11.7. The zero-order valence-electron chi connectivity index (χ0n) is 42.4. The lowest BCUT2D eigenvalue weighted by atomic mass is 9.92. The molecule has 77 heavy (non-hydrogen) atoms. The van der Waals surface area contributed by atoms with Crippen LogP contribution in [-0.2, 0) is 0 Å². The summed E-state index contributed by atoms with van der Waals surface area (Å²) in [7, 11) is 0. The van der Waals surface area contributed by atoms with Gasteiger partial charge in [-0.2, -0.15) is 0 Å². The summed E-state index contributed by atoms with van der Waals surface area (Å²) >= 11 is 0. The second-order valence-corrected chi connectivity index (χ2v) is 19.9. The molecule has 13 aromatic rings. The van der Waals surface area contributed by atoms with E-state index in [1.807, 2.05) is 0 Å². The molecule has 0 amide bonds. The molecule has 12 aromatic carbocycles. The quantitative estimate of drug-likeness (QED) is 0.144. The molecule has 1 aliphatic rings. The Balaban J connectivity index is 1.00. The molecule has 0 N–H and O–H groups in total. The average Bonchev–Trinajstić information content (AvgIpc) is 3.95. The van der Waals surface area contributed by atoms with E-state index in [9.17, 15) is 0 Å². The van der Waals surface area contributed by atoms with Crippen LogP contribution >= 0.6 is 0 Å². The van der Waals surface area contributed by atoms with Gasteiger partial charge in [-0.1, -0.05) is 218 Å². The van der Waals surface area contributed by atoms with Gasteiger partial charge in [-0.15, -0.1) is 0 Å². The molecule has 0 bridgehead atoms. The first-order chi connectivity index (χ1) is 38.2. The maximum absolute atomic E-state index is 7.07. The molecular weight excluding hydrogens is 933 g/mol. The Hall–Kier alpha value is -9.96. The van der Waals surface area contributed by atoms with Gasteiger partial charge < -0.3 is 14.2 Å². The summed E-state index contributed by atoms with van der Waals surface area (Å²) < 4.78 is 7.07. The molecule has 1 heterocycles. The Bertz CT molecular complexity index is 4400. The number of hydrogen-bond donors (Lipinski definition) is 0. The predicted molar refractivity (Wildman–Crippen MR) is 327 cm³/mol. The van der Waals surface area contributed by atoms with E-state index in [1.165, 1.54) is 82.2 Å². The lowest BCUT2D eigenvalue weighted by Crippen LogP contribution is -2.18. The van der Waals surface area contributed by atoms with Gasteiger partial charge in [-0.05, 0) is 151 Å². The number of benzene rings is 11. The van der Waals surface area contributed by atoms with E-state index in [-0.39, 0.29) is 0 Å². The smallest absolute Gasteiger partial charge is 0.137 e. The van der Waals surface area contributed by atoms with Crippen molar-refractivity contribution < 1.29 is 4.42 Å². The number of furan rings is 1. The fraction of sp³-hybridized carbons (Fsp3) is 0.0270. The zero-order valence-corrected chi connectivity index (χ0v) is 42.4. The summed E-state index contributed by atoms with van der Waals surface area (Å²) in [6.45, 7) is 0. The van der Waals surface area contributed by atoms with Crippen LogP contribution in [0.1, 0.15) is 12.8 Å². The van der Waals surface area contributed by atoms with Crippen molar-refractivity contribution in [2.24, 2.45) is 0 Å². The lowest BCUT2D eigenvalue weighted by Gasteiger charge is -2.31. The van der Waals surface area contributed by atoms with Crippen LogP contribution in [0.5, 0.6) is 0 Å². The highest BCUT2D eigenvalue weighted by atomic mass is 16.3. The highest BCUT2D eigenvalue weighted by molar-refractivity contribution is 6.25. The van der Waals surface area contributed by atoms with Crippen LogP contribution in [-0.4, -0.2) is 0 Å². The summed E-state index contributed by atoms with van der Waals surface area (Å²) in [5.41, 5.74) is 15.2. The topological polar surface area (TPSA) is 19.6 Å². The van der Waals surface area contributed by atoms with Crippen molar-refractivity contribution in [1.82, 2.24) is 0 Å². The number of fused-ring (bicyclic) bond motifs is 10. The highest BCUT2D eigenvalue weighted by Gasteiger charge is 2.25. The Kier molecular flexibility index (Phi) is 11.7. The molecule has 14 rings (SSSR count). The van der Waals surface area contributed by atoms with Crippen LogP contribution in [0.15, 0.2) is 301 Å². The fourth-order valence-electron chi connectivity index (χ4n) is 11.7. The molecular formula is C74H52N2O. The van der Waals surface area contributed by atoms with Crippen LogP contribution in [0.4, 0.5) is 28.4 Å². The molecule has 0 atom stereocenters. The van der Waals surface area contributed by atoms with E-state index in [0.717, 1.165) is 63.2 Å². The molecule has 364 valence electrons. The van der Waals surface area contributed by atoms with Gasteiger partial charge in [0.15, 0.2) is 0 Å². The van der Waals surface area contributed by atoms with Crippen LogP contribution in [0.2, 0.25) is 0 Å². The molecule has 0 aliphatic heterocycles. The van der Waals surface area contributed by atoms with Crippen molar-refractivity contribution in [3.63, 3.8) is 0 Å². The normalized spacial score (nSPS) is 12.3. The van der Waals surface area contributed by atoms with Gasteiger partial charge in [0.25, 0.3) is 0 Å². The van der Waals surface area contributed by atoms with Gasteiger partial charge >= 0.3 is 0 Å². The molecule has 0 saturated heterocycles. The van der Waals surface area contributed by atoms with Gasteiger partial charge in [0, 0.05) is 39.6 Å². The third-order valence-corrected chi connectivity index (χ3v) is 15.3. The first-order valence-corrected chi connectivity index (χ1v) is 26.6. The predicted octanol–water partition coefficient (Wildman–Crippen LogP) is 21.2. The van der Waals surface area contributed by atoms with Crippen LogP contribution in [0.3, 0.4) is 0 Å². The van der Waals surface area contributed by atoms with Crippen molar-refractivity contribution in [2.45, 2.75) is 12.8 Å². The second kappa shape index (κ2) is 19.7. The van der Waals surface area contributed by atoms with Gasteiger partial charge in [0.2, 0.25) is 0 Å². The van der Waals surface area contributed by atoms with Gasteiger partial charge in [0.05, 0.1) is 16.8 Å². The minimum Gasteiger partial charge on any atom is -0.456 e. The molecule has 0 spiro atoms. The monoisotopic (exact) mass is 984 g/mol. The number of hydrogen-bond acceptors (Lipinski definition) is 3. The van der Waals surface area contributed by atoms with Crippen molar-refractivity contribution in [3.8, 4) is 33.4 Å². The zero-order chi connectivity index (χ0) is 51.1. The molecule has 0 saturated carbocycles. The minimum atomic E-state index is 0.821. The van der Waals surface area contributed by atoms with E-state index in [4.69, 9.17) is 4.42 Å². The Morgan fingerprint density at radius 2 is 0.805 bits per heavy atom. The van der Waals surface area contributed by atoms with E-state index in [0.29, 0.717) is 0 Å². The van der Waals surface area contributed by atoms with E-state index < -0.39 is 0 Å². The van der Waals surface area contributed by atoms with Gasteiger partial charge in [-0.3, -0.25) is 0 Å². The molecule has 3 nitrogen and oxygen atoms in total. The lowest BCUT2D eigenvalue weighted by molar-refractivity contribution is 0.669. The largest absolute Gasteiger partial charge is 0.456 e. The van der Waals surface area contributed by atoms with Crippen LogP contribution in [0.25, 0.3) is 98.4 Å². The summed E-state index contributed by atoms with van der Waals surface area (Å²) in [4.78, 5) is 4.87. The number of anilines is 5. The molecule has 0 radical (unpaired) electrons. The van der Waals surface area contributed by atoms with E-state index in [1.54, 1.807) is 0 Å². The van der Waals surface area contributed by atoms with Gasteiger partial charge in [-0.25, -0.2) is 0 Å². The first kappa shape index (κ1) is 45.6. The third-order valence-electron chi connectivity index (χ3n) is 15.3. The summed E-state index contributed by atoms with van der Waals surface area (Å²) in [5.74, 6) is 0. The number of rotatable bonds is 9. The maximum atomic E-state index is 7.07. The van der Waals surface area contributed by atoms with Crippen LogP contribution in [0, 0.1) is 0 Å². The summed E-state index contributed by atoms with van der Waals surface area (Å²) in [5, 5.41) is 11.6. The molecule has 3 heteroatoms. The standard InChI is InChI=1S/C74H52N2O/c1-5-21-51(22-6-1)53-39-43-58(44-40-53)75(59-45-41-54(42-46-59)52-23-7-2-8-24-52)60-47-48-67-72(50-60)77-71-38-20-37-70(74(67)71)76(57-28-11-4-12-29-57)69-36-19-35-66-63-32-15-16-33-64(63)68(55-25-9-3-10-26-55)49-56-27-13-14-30-61(56)62-31-17-18-34-65(62)73(66)69/h1-11,13-28,30-50H,12,29H2. The molecule has 1 aromatic heterocycles. The van der Waals surface area contributed by atoms with Crippen molar-refractivity contribution in [2.75, 3.05) is 9.80 Å². The Morgan fingerprint density at radius 3 is 1.43 bits per heavy atom. The van der Waals surface area contributed by atoms with Crippen molar-refractivity contribution in [3.05, 3.63) is 297 Å². The van der Waals surface area contributed by atoms with Gasteiger partial charge in [0.1, 0.15) is 11.2 Å². The minimum absolute atomic E-state index is 0.821. The number of nitrogens with zero attached hydrogens (tertiary/aromatic N) is 2. The summed E-state index contributed by atoms with van der Waals surface area (Å²) in [6, 6.07) is 99.1. The molecule has 0 unspecified atom stereocenters. The van der Waals surface area contributed by atoms with E-state index in [2.05, 4.69) is 301 Å². The number of allylic oxidation sites excluding steroid dienone is 4.